The zero-order valence-electron chi connectivity index (χ0n) is 17.1. The monoisotopic (exact) mass is 468 g/mol. The fraction of sp³-hybridized carbons (Fsp3) is 0.208. The van der Waals surface area contributed by atoms with E-state index >= 15 is 0 Å². The van der Waals surface area contributed by atoms with Gasteiger partial charge in [0.25, 0.3) is 5.91 Å². The van der Waals surface area contributed by atoms with Gasteiger partial charge in [0.05, 0.1) is 11.1 Å². The first-order valence-electron chi connectivity index (χ1n) is 9.78. The summed E-state index contributed by atoms with van der Waals surface area (Å²) in [6.45, 7) is 4.90. The molecule has 0 spiro atoms. The van der Waals surface area contributed by atoms with Crippen molar-refractivity contribution in [3.63, 3.8) is 0 Å². The van der Waals surface area contributed by atoms with E-state index in [4.69, 9.17) is 9.47 Å². The van der Waals surface area contributed by atoms with Gasteiger partial charge in [-0.25, -0.2) is 0 Å². The summed E-state index contributed by atoms with van der Waals surface area (Å²) in [5.41, 5.74) is 3.90. The summed E-state index contributed by atoms with van der Waals surface area (Å²) in [7, 11) is 0. The van der Waals surface area contributed by atoms with Crippen LogP contribution in [0.3, 0.4) is 0 Å². The summed E-state index contributed by atoms with van der Waals surface area (Å²) in [5.74, 6) is 0.879. The Kier molecular flexibility index (Phi) is 7.74. The van der Waals surface area contributed by atoms with Gasteiger partial charge in [-0.15, -0.1) is 0 Å². The van der Waals surface area contributed by atoms with E-state index in [1.54, 1.807) is 0 Å². The normalized spacial score (nSPS) is 10.4. The molecule has 0 atom stereocenters. The van der Waals surface area contributed by atoms with Gasteiger partial charge < -0.3 is 20.1 Å². The summed E-state index contributed by atoms with van der Waals surface area (Å²) in [5, 5.41) is 6.22. The summed E-state index contributed by atoms with van der Waals surface area (Å²) < 4.78 is 12.3. The van der Waals surface area contributed by atoms with Crippen molar-refractivity contribution >= 4 is 33.2 Å². The minimum atomic E-state index is -0.232. The maximum atomic E-state index is 12.3. The lowest BCUT2D eigenvalue weighted by Crippen LogP contribution is -2.20. The van der Waals surface area contributed by atoms with Crippen molar-refractivity contribution in [1.29, 1.82) is 0 Å². The van der Waals surface area contributed by atoms with Crippen molar-refractivity contribution in [2.45, 2.75) is 20.4 Å². The number of ether oxygens (including phenoxy) is 2. The van der Waals surface area contributed by atoms with E-state index < -0.39 is 0 Å². The van der Waals surface area contributed by atoms with E-state index in [0.717, 1.165) is 27.0 Å². The number of amides is 1. The van der Waals surface area contributed by atoms with Crippen LogP contribution in [0.5, 0.6) is 11.5 Å². The average molecular weight is 469 g/mol. The molecule has 2 N–H and O–H groups in total. The Bertz CT molecular complexity index is 993. The van der Waals surface area contributed by atoms with Crippen molar-refractivity contribution in [1.82, 2.24) is 0 Å². The summed E-state index contributed by atoms with van der Waals surface area (Å²) >= 11 is 3.56. The van der Waals surface area contributed by atoms with Gasteiger partial charge in [-0.1, -0.05) is 30.3 Å². The number of hydrogen-bond acceptors (Lipinski definition) is 4. The molecule has 3 aromatic rings. The van der Waals surface area contributed by atoms with Crippen LogP contribution in [0.4, 0.5) is 11.4 Å². The average Bonchev–Trinajstić information content (AvgIpc) is 2.72. The van der Waals surface area contributed by atoms with Gasteiger partial charge in [0, 0.05) is 17.9 Å². The molecule has 3 aromatic carbocycles. The molecule has 0 aliphatic rings. The lowest BCUT2D eigenvalue weighted by Gasteiger charge is -2.16. The van der Waals surface area contributed by atoms with Crippen molar-refractivity contribution in [2.24, 2.45) is 0 Å². The molecule has 0 radical (unpaired) electrons. The van der Waals surface area contributed by atoms with Crippen molar-refractivity contribution in [3.05, 3.63) is 82.3 Å². The maximum absolute atomic E-state index is 12.3. The SMILES string of the molecule is CCOc1cc(CNc2ccccc2)cc(Br)c1OCC(=O)Nc1cccc(C)c1. The number of carbonyl (C=O) groups is 1. The van der Waals surface area contributed by atoms with Crippen molar-refractivity contribution in [3.8, 4) is 11.5 Å². The number of rotatable bonds is 9. The number of halogens is 1. The second-order valence-corrected chi connectivity index (χ2v) is 7.62. The molecule has 0 aromatic heterocycles. The highest BCUT2D eigenvalue weighted by molar-refractivity contribution is 9.10. The third kappa shape index (κ3) is 6.26. The molecular formula is C24H25BrN2O3. The van der Waals surface area contributed by atoms with Crippen LogP contribution in [0.2, 0.25) is 0 Å². The zero-order valence-corrected chi connectivity index (χ0v) is 18.7. The third-order valence-corrected chi connectivity index (χ3v) is 4.88. The van der Waals surface area contributed by atoms with Gasteiger partial charge in [0.1, 0.15) is 0 Å². The minimum absolute atomic E-state index is 0.117. The number of anilines is 2. The second kappa shape index (κ2) is 10.7. The fourth-order valence-corrected chi connectivity index (χ4v) is 3.55. The molecule has 0 saturated carbocycles. The lowest BCUT2D eigenvalue weighted by atomic mass is 10.2. The van der Waals surface area contributed by atoms with E-state index in [1.807, 2.05) is 80.6 Å². The van der Waals surface area contributed by atoms with E-state index in [1.165, 1.54) is 0 Å². The van der Waals surface area contributed by atoms with Crippen LogP contribution in [0, 0.1) is 6.92 Å². The maximum Gasteiger partial charge on any atom is 0.262 e. The first kappa shape index (κ1) is 21.7. The predicted molar refractivity (Wildman–Crippen MR) is 124 cm³/mol. The minimum Gasteiger partial charge on any atom is -0.490 e. The Hall–Kier alpha value is -2.99. The van der Waals surface area contributed by atoms with E-state index in [0.29, 0.717) is 24.7 Å². The molecular weight excluding hydrogens is 444 g/mol. The summed E-state index contributed by atoms with van der Waals surface area (Å²) in [6.07, 6.45) is 0. The van der Waals surface area contributed by atoms with Crippen molar-refractivity contribution in [2.75, 3.05) is 23.8 Å². The summed E-state index contributed by atoms with van der Waals surface area (Å²) in [4.78, 5) is 12.3. The van der Waals surface area contributed by atoms with E-state index in [-0.39, 0.29) is 12.5 Å². The van der Waals surface area contributed by atoms with Crippen LogP contribution >= 0.6 is 15.9 Å². The van der Waals surface area contributed by atoms with E-state index in [2.05, 4.69) is 26.6 Å². The highest BCUT2D eigenvalue weighted by Gasteiger charge is 2.14. The Balaban J connectivity index is 1.66. The number of aryl methyl sites for hydroxylation is 1. The lowest BCUT2D eigenvalue weighted by molar-refractivity contribution is -0.118. The molecule has 6 heteroatoms. The van der Waals surface area contributed by atoms with Gasteiger partial charge in [0.2, 0.25) is 0 Å². The highest BCUT2D eigenvalue weighted by Crippen LogP contribution is 2.37. The Labute approximate surface area is 185 Å². The largest absolute Gasteiger partial charge is 0.490 e. The molecule has 156 valence electrons. The fourth-order valence-electron chi connectivity index (χ4n) is 2.94. The highest BCUT2D eigenvalue weighted by atomic mass is 79.9. The first-order chi connectivity index (χ1) is 14.5. The number of benzene rings is 3. The van der Waals surface area contributed by atoms with Gasteiger partial charge in [0.15, 0.2) is 18.1 Å². The number of para-hydroxylation sites is 1. The Morgan fingerprint density at radius 3 is 2.47 bits per heavy atom. The van der Waals surface area contributed by atoms with E-state index in [9.17, 15) is 4.79 Å². The molecule has 5 nitrogen and oxygen atoms in total. The van der Waals surface area contributed by atoms with Crippen LogP contribution < -0.4 is 20.1 Å². The van der Waals surface area contributed by atoms with Gasteiger partial charge in [-0.3, -0.25) is 4.79 Å². The molecule has 0 heterocycles. The van der Waals surface area contributed by atoms with Gasteiger partial charge >= 0.3 is 0 Å². The third-order valence-electron chi connectivity index (χ3n) is 4.29. The number of hydrogen-bond donors (Lipinski definition) is 2. The van der Waals surface area contributed by atoms with Crippen LogP contribution in [0.25, 0.3) is 0 Å². The standard InChI is InChI=1S/C24H25BrN2O3/c1-3-29-22-14-18(15-26-19-9-5-4-6-10-19)13-21(25)24(22)30-16-23(28)27-20-11-7-8-17(2)12-20/h4-14,26H,3,15-16H2,1-2H3,(H,27,28). The predicted octanol–water partition coefficient (Wildman–Crippen LogP) is 5.79. The molecule has 0 fully saturated rings. The summed E-state index contributed by atoms with van der Waals surface area (Å²) in [6, 6.07) is 21.5. The molecule has 30 heavy (non-hydrogen) atoms. The topological polar surface area (TPSA) is 59.6 Å². The van der Waals surface area contributed by atoms with Crippen LogP contribution in [-0.2, 0) is 11.3 Å². The Morgan fingerprint density at radius 1 is 0.967 bits per heavy atom. The number of carbonyl (C=O) groups excluding carboxylic acids is 1. The molecule has 1 amide bonds. The van der Waals surface area contributed by atoms with Gasteiger partial charge in [-0.05, 0) is 77.3 Å². The second-order valence-electron chi connectivity index (χ2n) is 6.76. The van der Waals surface area contributed by atoms with Crippen LogP contribution in [-0.4, -0.2) is 19.1 Å². The smallest absolute Gasteiger partial charge is 0.262 e. The molecule has 0 aliphatic carbocycles. The quantitative estimate of drug-likeness (QED) is 0.417. The molecule has 0 saturated heterocycles. The molecule has 3 rings (SSSR count). The van der Waals surface area contributed by atoms with Crippen LogP contribution in [0.1, 0.15) is 18.1 Å². The molecule has 0 aliphatic heterocycles. The van der Waals surface area contributed by atoms with Gasteiger partial charge in [-0.2, -0.15) is 0 Å². The first-order valence-corrected chi connectivity index (χ1v) is 10.6. The Morgan fingerprint density at radius 2 is 1.73 bits per heavy atom. The molecule has 0 unspecified atom stereocenters. The molecule has 0 bridgehead atoms. The zero-order chi connectivity index (χ0) is 21.3. The number of nitrogens with one attached hydrogen (secondary N) is 2. The van der Waals surface area contributed by atoms with Crippen LogP contribution in [0.15, 0.2) is 71.2 Å². The van der Waals surface area contributed by atoms with Crippen molar-refractivity contribution < 1.29 is 14.3 Å².